The van der Waals surface area contributed by atoms with Crippen molar-refractivity contribution >= 4 is 11.3 Å². The molecule has 86 valence electrons. The van der Waals surface area contributed by atoms with E-state index in [-0.39, 0.29) is 0 Å². The van der Waals surface area contributed by atoms with Gasteiger partial charge in [-0.3, -0.25) is 4.40 Å². The van der Waals surface area contributed by atoms with Crippen LogP contribution in [0.4, 0.5) is 0 Å². The molecule has 0 aliphatic carbocycles. The summed E-state index contributed by atoms with van der Waals surface area (Å²) >= 11 is 0. The number of hydrogen-bond donors (Lipinski definition) is 0. The van der Waals surface area contributed by atoms with Gasteiger partial charge in [-0.1, -0.05) is 0 Å². The average Bonchev–Trinajstić information content (AvgIpc) is 3.06. The number of pyridine rings is 1. The molecule has 0 spiro atoms. The molecular weight excluding hydrogens is 228 g/mol. The van der Waals surface area contributed by atoms with Crippen molar-refractivity contribution in [2.75, 3.05) is 0 Å². The number of fused-ring (bicyclic) bond motifs is 2. The minimum atomic E-state index is 0.779. The Morgan fingerprint density at radius 3 is 2.94 bits per heavy atom. The molecule has 0 N–H and O–H groups in total. The van der Waals surface area contributed by atoms with Gasteiger partial charge in [0, 0.05) is 35.9 Å². The van der Waals surface area contributed by atoms with Crippen molar-refractivity contribution in [3.8, 4) is 11.1 Å². The first-order valence-electron chi connectivity index (χ1n) is 5.49. The fraction of sp³-hybridized carbons (Fsp3) is 0. The molecule has 0 fully saturated rings. The van der Waals surface area contributed by atoms with Gasteiger partial charge in [-0.05, 0) is 12.1 Å². The molecule has 18 heavy (non-hydrogen) atoms. The van der Waals surface area contributed by atoms with E-state index in [1.165, 1.54) is 0 Å². The van der Waals surface area contributed by atoms with Crippen molar-refractivity contribution in [1.29, 1.82) is 0 Å². The quantitative estimate of drug-likeness (QED) is 0.501. The summed E-state index contributed by atoms with van der Waals surface area (Å²) in [4.78, 5) is 8.56. The second-order valence-electron chi connectivity index (χ2n) is 3.95. The van der Waals surface area contributed by atoms with E-state index in [1.54, 1.807) is 29.4 Å². The van der Waals surface area contributed by atoms with Crippen molar-refractivity contribution < 1.29 is 0 Å². The normalized spacial score (nSPS) is 11.3. The highest BCUT2D eigenvalue weighted by Crippen LogP contribution is 2.25. The molecule has 4 heterocycles. The van der Waals surface area contributed by atoms with Crippen LogP contribution in [-0.4, -0.2) is 29.0 Å². The van der Waals surface area contributed by atoms with Gasteiger partial charge in [0.1, 0.15) is 18.3 Å². The van der Waals surface area contributed by atoms with Crippen LogP contribution in [0.5, 0.6) is 0 Å². The van der Waals surface area contributed by atoms with E-state index in [0.29, 0.717) is 0 Å². The minimum Gasteiger partial charge on any atom is -0.307 e. The second kappa shape index (κ2) is 3.36. The zero-order valence-corrected chi connectivity index (χ0v) is 9.30. The van der Waals surface area contributed by atoms with Gasteiger partial charge >= 0.3 is 0 Å². The Hall–Kier alpha value is -2.76. The van der Waals surface area contributed by atoms with Crippen molar-refractivity contribution in [3.63, 3.8) is 0 Å². The molecule has 6 nitrogen and oxygen atoms in total. The van der Waals surface area contributed by atoms with E-state index in [0.717, 1.165) is 22.4 Å². The van der Waals surface area contributed by atoms with Crippen LogP contribution < -0.4 is 0 Å². The lowest BCUT2D eigenvalue weighted by molar-refractivity contribution is 1.07. The van der Waals surface area contributed by atoms with Crippen LogP contribution in [0.1, 0.15) is 0 Å². The zero-order valence-electron chi connectivity index (χ0n) is 9.30. The van der Waals surface area contributed by atoms with Gasteiger partial charge in [-0.15, -0.1) is 10.2 Å². The molecule has 4 aromatic heterocycles. The Bertz CT molecular complexity index is 772. The number of nitrogens with zero attached hydrogens (tertiary/aromatic N) is 6. The van der Waals surface area contributed by atoms with E-state index in [1.807, 2.05) is 28.9 Å². The monoisotopic (exact) mass is 236 g/mol. The lowest BCUT2D eigenvalue weighted by Crippen LogP contribution is -1.93. The Balaban J connectivity index is 2.13. The lowest BCUT2D eigenvalue weighted by atomic mass is 10.1. The molecule has 0 aromatic carbocycles. The molecule has 0 radical (unpaired) electrons. The van der Waals surface area contributed by atoms with Crippen molar-refractivity contribution in [2.45, 2.75) is 0 Å². The molecule has 0 unspecified atom stereocenters. The summed E-state index contributed by atoms with van der Waals surface area (Å²) in [5.41, 5.74) is 3.58. The number of imidazole rings is 1. The van der Waals surface area contributed by atoms with Gasteiger partial charge in [-0.25, -0.2) is 9.97 Å². The molecule has 0 bridgehead atoms. The van der Waals surface area contributed by atoms with E-state index in [9.17, 15) is 0 Å². The van der Waals surface area contributed by atoms with Crippen LogP contribution in [0.15, 0.2) is 49.6 Å². The van der Waals surface area contributed by atoms with Crippen LogP contribution >= 0.6 is 0 Å². The van der Waals surface area contributed by atoms with E-state index in [2.05, 4.69) is 20.2 Å². The lowest BCUT2D eigenvalue weighted by Gasteiger charge is -2.04. The van der Waals surface area contributed by atoms with Gasteiger partial charge in [0.25, 0.3) is 0 Å². The smallest absolute Gasteiger partial charge is 0.171 e. The number of rotatable bonds is 1. The average molecular weight is 236 g/mol. The van der Waals surface area contributed by atoms with Crippen LogP contribution in [0, 0.1) is 0 Å². The number of hydrogen-bond acceptors (Lipinski definition) is 4. The summed E-state index contributed by atoms with van der Waals surface area (Å²) in [6, 6.07) is 3.98. The third-order valence-electron chi connectivity index (χ3n) is 2.92. The maximum Gasteiger partial charge on any atom is 0.171 e. The van der Waals surface area contributed by atoms with Gasteiger partial charge in [0.2, 0.25) is 0 Å². The summed E-state index contributed by atoms with van der Waals surface area (Å²) in [7, 11) is 0. The summed E-state index contributed by atoms with van der Waals surface area (Å²) in [5.74, 6) is 0. The van der Waals surface area contributed by atoms with Gasteiger partial charge in [-0.2, -0.15) is 0 Å². The van der Waals surface area contributed by atoms with Crippen molar-refractivity contribution in [2.24, 2.45) is 0 Å². The Morgan fingerprint density at radius 1 is 0.944 bits per heavy atom. The highest BCUT2D eigenvalue weighted by molar-refractivity contribution is 5.85. The molecule has 4 rings (SSSR count). The Morgan fingerprint density at radius 2 is 1.94 bits per heavy atom. The van der Waals surface area contributed by atoms with Gasteiger partial charge in [0.15, 0.2) is 5.65 Å². The predicted molar refractivity (Wildman–Crippen MR) is 65.0 cm³/mol. The largest absolute Gasteiger partial charge is 0.307 e. The molecule has 4 aromatic rings. The molecule has 0 saturated carbocycles. The summed E-state index contributed by atoms with van der Waals surface area (Å²) in [6.45, 7) is 0. The van der Waals surface area contributed by atoms with Crippen LogP contribution in [0.25, 0.3) is 22.4 Å². The molecule has 6 heteroatoms. The van der Waals surface area contributed by atoms with Crippen LogP contribution in [-0.2, 0) is 0 Å². The second-order valence-corrected chi connectivity index (χ2v) is 3.95. The van der Waals surface area contributed by atoms with Crippen molar-refractivity contribution in [1.82, 2.24) is 29.0 Å². The van der Waals surface area contributed by atoms with E-state index in [4.69, 9.17) is 0 Å². The van der Waals surface area contributed by atoms with Crippen LogP contribution in [0.2, 0.25) is 0 Å². The van der Waals surface area contributed by atoms with E-state index < -0.39 is 0 Å². The maximum atomic E-state index is 4.36. The van der Waals surface area contributed by atoms with Crippen molar-refractivity contribution in [3.05, 3.63) is 49.6 Å². The minimum absolute atomic E-state index is 0.779. The summed E-state index contributed by atoms with van der Waals surface area (Å²) in [6.07, 6.45) is 10.8. The van der Waals surface area contributed by atoms with Crippen LogP contribution in [0.3, 0.4) is 0 Å². The third-order valence-corrected chi connectivity index (χ3v) is 2.92. The standard InChI is InChI=1S/C12H8N6/c1-2-9(11-14-3-5-17(11)4-1)10-6-13-7-18-8-15-16-12(10)18/h1-8H. The SMILES string of the molecule is c1cc(-c2cncn3cnnc23)c2nccn2c1. The highest BCUT2D eigenvalue weighted by Gasteiger charge is 2.10. The molecular formula is C12H8N6. The topological polar surface area (TPSA) is 60.4 Å². The predicted octanol–water partition coefficient (Wildman–Crippen LogP) is 1.44. The molecule has 0 aliphatic rings. The first-order valence-corrected chi connectivity index (χ1v) is 5.49. The Kier molecular flexibility index (Phi) is 1.74. The highest BCUT2D eigenvalue weighted by atomic mass is 15.2. The maximum absolute atomic E-state index is 4.36. The van der Waals surface area contributed by atoms with Gasteiger partial charge < -0.3 is 4.40 Å². The Labute approximate surface area is 102 Å². The molecule has 0 atom stereocenters. The van der Waals surface area contributed by atoms with Gasteiger partial charge in [0.05, 0.1) is 0 Å². The van der Waals surface area contributed by atoms with E-state index >= 15 is 0 Å². The zero-order chi connectivity index (χ0) is 11.9. The molecule has 0 saturated heterocycles. The summed E-state index contributed by atoms with van der Waals surface area (Å²) < 4.78 is 3.76. The summed E-state index contributed by atoms with van der Waals surface area (Å²) in [5, 5.41) is 8.02. The fourth-order valence-electron chi connectivity index (χ4n) is 2.11. The first kappa shape index (κ1) is 9.29. The molecule has 0 amide bonds. The third kappa shape index (κ3) is 1.17. The number of aromatic nitrogens is 6. The molecule has 0 aliphatic heterocycles. The first-order chi connectivity index (χ1) is 8.93. The fourth-order valence-corrected chi connectivity index (χ4v) is 2.11.